The average molecular weight is 517 g/mol. The van der Waals surface area contributed by atoms with Crippen LogP contribution >= 0.6 is 22.6 Å². The number of aromatic hydroxyl groups is 1. The van der Waals surface area contributed by atoms with Crippen molar-refractivity contribution in [1.29, 1.82) is 0 Å². The van der Waals surface area contributed by atoms with Crippen molar-refractivity contribution >= 4 is 56.9 Å². The van der Waals surface area contributed by atoms with E-state index in [-0.39, 0.29) is 17.4 Å². The first-order valence-electron chi connectivity index (χ1n) is 9.59. The Morgan fingerprint density at radius 1 is 1.13 bits per heavy atom. The van der Waals surface area contributed by atoms with Gasteiger partial charge in [0.1, 0.15) is 0 Å². The number of halogens is 1. The van der Waals surface area contributed by atoms with Gasteiger partial charge in [-0.05, 0) is 77.9 Å². The summed E-state index contributed by atoms with van der Waals surface area (Å²) < 4.78 is 0.954. The molecule has 0 aliphatic carbocycles. The number of aliphatic carboxylic acids is 1. The van der Waals surface area contributed by atoms with Crippen molar-refractivity contribution in [3.63, 3.8) is 0 Å². The van der Waals surface area contributed by atoms with E-state index in [9.17, 15) is 14.7 Å². The molecule has 2 heterocycles. The van der Waals surface area contributed by atoms with E-state index in [1.165, 1.54) is 0 Å². The van der Waals surface area contributed by atoms with E-state index in [4.69, 9.17) is 5.11 Å². The zero-order valence-electron chi connectivity index (χ0n) is 16.0. The number of hydrogen-bond donors (Lipinski definition) is 3. The summed E-state index contributed by atoms with van der Waals surface area (Å²) in [6, 6.07) is 13.1. The van der Waals surface area contributed by atoms with Crippen molar-refractivity contribution in [2.24, 2.45) is 10.9 Å². The molecule has 1 fully saturated rings. The molecule has 3 aromatic rings. The number of piperidine rings is 1. The van der Waals surface area contributed by atoms with Crippen LogP contribution in [-0.4, -0.2) is 40.5 Å². The van der Waals surface area contributed by atoms with E-state index in [2.05, 4.69) is 37.5 Å². The predicted octanol–water partition coefficient (Wildman–Crippen LogP) is 3.89. The number of fused-ring (bicyclic) bond motifs is 1. The van der Waals surface area contributed by atoms with Gasteiger partial charge in [0.15, 0.2) is 0 Å². The first-order chi connectivity index (χ1) is 14.4. The summed E-state index contributed by atoms with van der Waals surface area (Å²) in [4.78, 5) is 32.3. The number of carboxylic acid groups (broad SMARTS) is 1. The normalized spacial score (nSPS) is 15.2. The third-order valence-electron chi connectivity index (χ3n) is 5.41. The molecule has 0 amide bonds. The van der Waals surface area contributed by atoms with Crippen LogP contribution in [0.25, 0.3) is 10.8 Å². The number of aliphatic imine (C=N–C) groups is 1. The molecule has 0 atom stereocenters. The molecule has 30 heavy (non-hydrogen) atoms. The van der Waals surface area contributed by atoms with E-state index in [1.807, 2.05) is 36.4 Å². The van der Waals surface area contributed by atoms with E-state index in [1.54, 1.807) is 12.3 Å². The van der Waals surface area contributed by atoms with Crippen molar-refractivity contribution in [1.82, 2.24) is 4.98 Å². The molecule has 1 aromatic heterocycles. The topological polar surface area (TPSA) is 106 Å². The van der Waals surface area contributed by atoms with Crippen LogP contribution in [0.1, 0.15) is 18.4 Å². The molecular formula is C22H20IN3O4. The highest BCUT2D eigenvalue weighted by Crippen LogP contribution is 2.27. The van der Waals surface area contributed by atoms with Crippen molar-refractivity contribution in [2.45, 2.75) is 12.8 Å². The predicted molar refractivity (Wildman–Crippen MR) is 125 cm³/mol. The summed E-state index contributed by atoms with van der Waals surface area (Å²) in [5, 5.41) is 20.5. The van der Waals surface area contributed by atoms with Gasteiger partial charge in [-0.25, -0.2) is 0 Å². The molecule has 2 aromatic carbocycles. The smallest absolute Gasteiger partial charge is 0.306 e. The lowest BCUT2D eigenvalue weighted by molar-refractivity contribution is -0.142. The Hall–Kier alpha value is -2.88. The summed E-state index contributed by atoms with van der Waals surface area (Å²) >= 11 is 2.16. The van der Waals surface area contributed by atoms with Crippen molar-refractivity contribution < 1.29 is 15.0 Å². The largest absolute Gasteiger partial charge is 0.494 e. The molecule has 8 heteroatoms. The molecule has 0 saturated carbocycles. The second-order valence-electron chi connectivity index (χ2n) is 7.28. The Bertz CT molecular complexity index is 1180. The van der Waals surface area contributed by atoms with Crippen molar-refractivity contribution in [3.05, 3.63) is 62.0 Å². The number of nitrogens with one attached hydrogen (secondary N) is 1. The number of anilines is 1. The lowest BCUT2D eigenvalue weighted by Crippen LogP contribution is -2.36. The second kappa shape index (κ2) is 8.47. The van der Waals surface area contributed by atoms with Crippen molar-refractivity contribution in [3.8, 4) is 5.88 Å². The molecule has 1 saturated heterocycles. The SMILES string of the molecule is O=C(O)C1CCN(c2ccc(N=Cc3c(O)[nH]c(=O)c4ccc(I)cc34)cc2)CC1. The fourth-order valence-corrected chi connectivity index (χ4v) is 4.20. The summed E-state index contributed by atoms with van der Waals surface area (Å²) in [6.45, 7) is 1.44. The molecule has 1 aliphatic heterocycles. The summed E-state index contributed by atoms with van der Waals surface area (Å²) in [5.74, 6) is -1.18. The Morgan fingerprint density at radius 3 is 2.50 bits per heavy atom. The molecule has 3 N–H and O–H groups in total. The number of H-pyrrole nitrogens is 1. The van der Waals surface area contributed by atoms with Crippen LogP contribution in [0.2, 0.25) is 0 Å². The van der Waals surface area contributed by atoms with Gasteiger partial charge in [-0.2, -0.15) is 0 Å². The lowest BCUT2D eigenvalue weighted by atomic mass is 9.97. The van der Waals surface area contributed by atoms with Crippen LogP contribution in [0.4, 0.5) is 11.4 Å². The maximum absolute atomic E-state index is 12.1. The number of pyridine rings is 1. The number of nitrogens with zero attached hydrogens (tertiary/aromatic N) is 2. The number of benzene rings is 2. The van der Waals surface area contributed by atoms with Crippen molar-refractivity contribution in [2.75, 3.05) is 18.0 Å². The molecular weight excluding hydrogens is 497 g/mol. The van der Waals surface area contributed by atoms with Gasteiger partial charge in [-0.15, -0.1) is 0 Å². The first-order valence-corrected chi connectivity index (χ1v) is 10.7. The van der Waals surface area contributed by atoms with Gasteiger partial charge in [0, 0.05) is 39.3 Å². The summed E-state index contributed by atoms with van der Waals surface area (Å²) in [6.07, 6.45) is 2.84. The zero-order chi connectivity index (χ0) is 21.3. The van der Waals surface area contributed by atoms with Gasteiger partial charge in [0.05, 0.1) is 17.2 Å². The van der Waals surface area contributed by atoms with Crippen LogP contribution in [0.15, 0.2) is 52.3 Å². The van der Waals surface area contributed by atoms with Crippen LogP contribution < -0.4 is 10.5 Å². The standard InChI is InChI=1S/C22H20IN3O4/c23-14-1-6-17-18(11-14)19(21(28)25-20(17)27)12-24-15-2-4-16(5-3-15)26-9-7-13(8-10-26)22(29)30/h1-6,11-13H,7-10H2,(H,29,30)(H2,25,27,28). The summed E-state index contributed by atoms with van der Waals surface area (Å²) in [7, 11) is 0. The van der Waals surface area contributed by atoms with E-state index < -0.39 is 5.97 Å². The van der Waals surface area contributed by atoms with E-state index in [0.29, 0.717) is 34.9 Å². The summed E-state index contributed by atoms with van der Waals surface area (Å²) in [5.41, 5.74) is 1.86. The molecule has 1 aliphatic rings. The van der Waals surface area contributed by atoms with Gasteiger partial charge >= 0.3 is 5.97 Å². The minimum absolute atomic E-state index is 0.212. The molecule has 0 unspecified atom stereocenters. The Labute approximate surface area is 186 Å². The zero-order valence-corrected chi connectivity index (χ0v) is 18.2. The number of carbonyl (C=O) groups is 1. The Balaban J connectivity index is 1.55. The van der Waals surface area contributed by atoms with Gasteiger partial charge in [-0.3, -0.25) is 19.6 Å². The second-order valence-corrected chi connectivity index (χ2v) is 8.53. The Kier molecular flexibility index (Phi) is 5.76. The third kappa shape index (κ3) is 4.18. The van der Waals surface area contributed by atoms with Gasteiger partial charge in [0.2, 0.25) is 5.88 Å². The molecule has 4 rings (SSSR count). The maximum atomic E-state index is 12.1. The third-order valence-corrected chi connectivity index (χ3v) is 6.08. The van der Waals surface area contributed by atoms with Gasteiger partial charge < -0.3 is 15.1 Å². The monoisotopic (exact) mass is 517 g/mol. The van der Waals surface area contributed by atoms with Crippen LogP contribution in [0.3, 0.4) is 0 Å². The quantitative estimate of drug-likeness (QED) is 0.360. The van der Waals surface area contributed by atoms with Gasteiger partial charge in [-0.1, -0.05) is 0 Å². The molecule has 0 bridgehead atoms. The molecule has 7 nitrogen and oxygen atoms in total. The van der Waals surface area contributed by atoms with Crippen LogP contribution in [0, 0.1) is 9.49 Å². The fourth-order valence-electron chi connectivity index (χ4n) is 3.71. The number of rotatable bonds is 4. The molecule has 154 valence electrons. The number of carboxylic acids is 1. The lowest BCUT2D eigenvalue weighted by Gasteiger charge is -2.31. The first kappa shape index (κ1) is 20.4. The highest BCUT2D eigenvalue weighted by atomic mass is 127. The minimum Gasteiger partial charge on any atom is -0.494 e. The molecule has 0 radical (unpaired) electrons. The number of aromatic amines is 1. The highest BCUT2D eigenvalue weighted by Gasteiger charge is 2.24. The van der Waals surface area contributed by atoms with E-state index >= 15 is 0 Å². The van der Waals surface area contributed by atoms with Crippen LogP contribution in [0.5, 0.6) is 5.88 Å². The Morgan fingerprint density at radius 2 is 1.83 bits per heavy atom. The van der Waals surface area contributed by atoms with Crippen LogP contribution in [-0.2, 0) is 4.79 Å². The maximum Gasteiger partial charge on any atom is 0.306 e. The van der Waals surface area contributed by atoms with Gasteiger partial charge in [0.25, 0.3) is 5.56 Å². The number of hydrogen-bond acceptors (Lipinski definition) is 5. The average Bonchev–Trinajstić information content (AvgIpc) is 2.74. The highest BCUT2D eigenvalue weighted by molar-refractivity contribution is 14.1. The number of aromatic nitrogens is 1. The van der Waals surface area contributed by atoms with E-state index in [0.717, 1.165) is 22.3 Å². The fraction of sp³-hybridized carbons (Fsp3) is 0.227. The molecule has 0 spiro atoms. The minimum atomic E-state index is -0.716.